The van der Waals surface area contributed by atoms with Gasteiger partial charge in [0.05, 0.1) is 0 Å². The molecule has 8 heteroatoms. The molecule has 0 unspecified atom stereocenters. The number of halogens is 1. The van der Waals surface area contributed by atoms with E-state index in [1.54, 1.807) is 17.0 Å². The van der Waals surface area contributed by atoms with E-state index in [1.807, 2.05) is 0 Å². The standard InChI is InChI=1S/C19H22FN3O4/c1-21-17(25)18(26)23(19(21)27)12-16(24)22(15-5-3-2-4-6-15)11-13-7-9-14(20)10-8-13/h7-10,15H,2-6,11-12H2,1H3. The Kier molecular flexibility index (Phi) is 5.53. The predicted molar refractivity (Wildman–Crippen MR) is 93.7 cm³/mol. The molecule has 1 saturated heterocycles. The highest BCUT2D eigenvalue weighted by molar-refractivity contribution is 6.44. The van der Waals surface area contributed by atoms with Gasteiger partial charge in [0.15, 0.2) is 0 Å². The largest absolute Gasteiger partial charge is 0.334 e. The van der Waals surface area contributed by atoms with Crippen molar-refractivity contribution >= 4 is 23.8 Å². The molecule has 7 nitrogen and oxygen atoms in total. The van der Waals surface area contributed by atoms with Crippen molar-refractivity contribution in [3.63, 3.8) is 0 Å². The van der Waals surface area contributed by atoms with Crippen LogP contribution in [0.3, 0.4) is 0 Å². The molecule has 1 aromatic carbocycles. The van der Waals surface area contributed by atoms with Gasteiger partial charge in [-0.25, -0.2) is 14.1 Å². The van der Waals surface area contributed by atoms with Gasteiger partial charge < -0.3 is 4.90 Å². The minimum absolute atomic E-state index is 0.00228. The summed E-state index contributed by atoms with van der Waals surface area (Å²) in [6, 6.07) is 5.10. The molecule has 0 N–H and O–H groups in total. The van der Waals surface area contributed by atoms with Crippen LogP contribution in [0.1, 0.15) is 37.7 Å². The Morgan fingerprint density at radius 1 is 1.07 bits per heavy atom. The molecule has 0 atom stereocenters. The summed E-state index contributed by atoms with van der Waals surface area (Å²) in [6.45, 7) is -0.199. The molecule has 0 radical (unpaired) electrons. The summed E-state index contributed by atoms with van der Waals surface area (Å²) < 4.78 is 13.2. The Bertz CT molecular complexity index is 759. The molecule has 2 aliphatic rings. The lowest BCUT2D eigenvalue weighted by Crippen LogP contribution is -2.47. The van der Waals surface area contributed by atoms with Crippen LogP contribution in [0.25, 0.3) is 0 Å². The third-order valence-electron chi connectivity index (χ3n) is 5.15. The summed E-state index contributed by atoms with van der Waals surface area (Å²) in [5.41, 5.74) is 0.766. The smallest absolute Gasteiger partial charge is 0.334 e. The number of carbonyl (C=O) groups excluding carboxylic acids is 4. The Morgan fingerprint density at radius 3 is 2.26 bits per heavy atom. The molecule has 0 aromatic heterocycles. The summed E-state index contributed by atoms with van der Waals surface area (Å²) in [4.78, 5) is 51.7. The number of likely N-dealkylation sites (N-methyl/N-ethyl adjacent to an activating group) is 1. The molecule has 2 fully saturated rings. The first-order valence-electron chi connectivity index (χ1n) is 9.06. The van der Waals surface area contributed by atoms with E-state index in [4.69, 9.17) is 0 Å². The van der Waals surface area contributed by atoms with Gasteiger partial charge in [0, 0.05) is 19.6 Å². The number of amides is 5. The number of nitrogens with zero attached hydrogens (tertiary/aromatic N) is 3. The third-order valence-corrected chi connectivity index (χ3v) is 5.15. The first-order valence-corrected chi connectivity index (χ1v) is 9.06. The summed E-state index contributed by atoms with van der Waals surface area (Å²) >= 11 is 0. The fraction of sp³-hybridized carbons (Fsp3) is 0.474. The van der Waals surface area contributed by atoms with Crippen LogP contribution >= 0.6 is 0 Å². The van der Waals surface area contributed by atoms with Gasteiger partial charge in [-0.15, -0.1) is 0 Å². The topological polar surface area (TPSA) is 78.0 Å². The van der Waals surface area contributed by atoms with E-state index in [0.29, 0.717) is 9.80 Å². The SMILES string of the molecule is CN1C(=O)C(=O)N(CC(=O)N(Cc2ccc(F)cc2)C2CCCCC2)C1=O. The summed E-state index contributed by atoms with van der Waals surface area (Å²) in [6.07, 6.45) is 4.79. The summed E-state index contributed by atoms with van der Waals surface area (Å²) in [5.74, 6) is -2.67. The van der Waals surface area contributed by atoms with Crippen molar-refractivity contribution in [2.45, 2.75) is 44.7 Å². The van der Waals surface area contributed by atoms with Crippen LogP contribution in [0.15, 0.2) is 24.3 Å². The molecule has 0 bridgehead atoms. The zero-order valence-corrected chi connectivity index (χ0v) is 15.2. The zero-order chi connectivity index (χ0) is 19.6. The Labute approximate surface area is 156 Å². The van der Waals surface area contributed by atoms with Crippen LogP contribution in [0.5, 0.6) is 0 Å². The Morgan fingerprint density at radius 2 is 1.70 bits per heavy atom. The second kappa shape index (κ2) is 7.85. The fourth-order valence-corrected chi connectivity index (χ4v) is 3.58. The van der Waals surface area contributed by atoms with Crippen molar-refractivity contribution in [2.75, 3.05) is 13.6 Å². The molecule has 1 aliphatic carbocycles. The molecule has 144 valence electrons. The van der Waals surface area contributed by atoms with Gasteiger partial charge in [-0.1, -0.05) is 31.4 Å². The summed E-state index contributed by atoms with van der Waals surface area (Å²) in [5, 5.41) is 0. The van der Waals surface area contributed by atoms with E-state index >= 15 is 0 Å². The second-order valence-corrected chi connectivity index (χ2v) is 6.98. The van der Waals surface area contributed by atoms with Gasteiger partial charge in [-0.05, 0) is 30.5 Å². The average Bonchev–Trinajstić information content (AvgIpc) is 2.86. The van der Waals surface area contributed by atoms with Gasteiger partial charge >= 0.3 is 17.8 Å². The van der Waals surface area contributed by atoms with Crippen molar-refractivity contribution < 1.29 is 23.6 Å². The van der Waals surface area contributed by atoms with Crippen LogP contribution < -0.4 is 0 Å². The van der Waals surface area contributed by atoms with E-state index in [9.17, 15) is 23.6 Å². The quantitative estimate of drug-likeness (QED) is 0.582. The number of hydrogen-bond acceptors (Lipinski definition) is 4. The van der Waals surface area contributed by atoms with Gasteiger partial charge in [-0.2, -0.15) is 0 Å². The van der Waals surface area contributed by atoms with Crippen LogP contribution in [0, 0.1) is 5.82 Å². The molecule has 1 heterocycles. The van der Waals surface area contributed by atoms with Gasteiger partial charge in [0.1, 0.15) is 12.4 Å². The lowest BCUT2D eigenvalue weighted by molar-refractivity contribution is -0.145. The van der Waals surface area contributed by atoms with Crippen molar-refractivity contribution in [3.05, 3.63) is 35.6 Å². The monoisotopic (exact) mass is 375 g/mol. The Hall–Kier alpha value is -2.77. The van der Waals surface area contributed by atoms with Crippen molar-refractivity contribution in [1.82, 2.24) is 14.7 Å². The minimum atomic E-state index is -0.985. The van der Waals surface area contributed by atoms with Crippen LogP contribution in [-0.2, 0) is 20.9 Å². The van der Waals surface area contributed by atoms with Gasteiger partial charge in [0.2, 0.25) is 5.91 Å². The lowest BCUT2D eigenvalue weighted by atomic mass is 9.93. The maximum atomic E-state index is 13.2. The van der Waals surface area contributed by atoms with E-state index in [-0.39, 0.29) is 18.4 Å². The summed E-state index contributed by atoms with van der Waals surface area (Å²) in [7, 11) is 1.21. The molecule has 0 spiro atoms. The first-order chi connectivity index (χ1) is 12.9. The molecular formula is C19H22FN3O4. The predicted octanol–water partition coefficient (Wildman–Crippen LogP) is 1.91. The fourth-order valence-electron chi connectivity index (χ4n) is 3.58. The highest BCUT2D eigenvalue weighted by Gasteiger charge is 2.43. The number of rotatable bonds is 5. The highest BCUT2D eigenvalue weighted by atomic mass is 19.1. The van der Waals surface area contributed by atoms with Crippen LogP contribution in [0.4, 0.5) is 9.18 Å². The molecule has 1 aliphatic heterocycles. The minimum Gasteiger partial charge on any atom is -0.334 e. The van der Waals surface area contributed by atoms with Crippen LogP contribution in [-0.4, -0.2) is 58.1 Å². The molecular weight excluding hydrogens is 353 g/mol. The molecule has 27 heavy (non-hydrogen) atoms. The van der Waals surface area contributed by atoms with Crippen LogP contribution in [0.2, 0.25) is 0 Å². The third kappa shape index (κ3) is 3.99. The van der Waals surface area contributed by atoms with E-state index in [1.165, 1.54) is 19.2 Å². The number of hydrogen-bond donors (Lipinski definition) is 0. The normalized spacial score (nSPS) is 18.4. The van der Waals surface area contributed by atoms with Crippen molar-refractivity contribution in [2.24, 2.45) is 0 Å². The zero-order valence-electron chi connectivity index (χ0n) is 15.2. The van der Waals surface area contributed by atoms with E-state index in [0.717, 1.165) is 37.7 Å². The number of imide groups is 2. The molecule has 3 rings (SSSR count). The number of benzene rings is 1. The average molecular weight is 375 g/mol. The Balaban J connectivity index is 1.78. The van der Waals surface area contributed by atoms with E-state index < -0.39 is 30.3 Å². The van der Waals surface area contributed by atoms with Gasteiger partial charge in [0.25, 0.3) is 0 Å². The van der Waals surface area contributed by atoms with Crippen molar-refractivity contribution in [3.8, 4) is 0 Å². The lowest BCUT2D eigenvalue weighted by Gasteiger charge is -2.35. The molecule has 1 aromatic rings. The van der Waals surface area contributed by atoms with Crippen molar-refractivity contribution in [1.29, 1.82) is 0 Å². The van der Waals surface area contributed by atoms with E-state index in [2.05, 4.69) is 0 Å². The maximum absolute atomic E-state index is 13.2. The number of urea groups is 1. The first kappa shape index (κ1) is 19.0. The highest BCUT2D eigenvalue weighted by Crippen LogP contribution is 2.25. The molecule has 5 amide bonds. The number of carbonyl (C=O) groups is 4. The molecule has 1 saturated carbocycles. The second-order valence-electron chi connectivity index (χ2n) is 6.98. The maximum Gasteiger partial charge on any atom is 0.334 e. The van der Waals surface area contributed by atoms with Gasteiger partial charge in [-0.3, -0.25) is 19.3 Å².